The molecule has 136 valence electrons. The van der Waals surface area contributed by atoms with Gasteiger partial charge in [0.1, 0.15) is 5.75 Å². The van der Waals surface area contributed by atoms with Gasteiger partial charge in [-0.2, -0.15) is 0 Å². The predicted molar refractivity (Wildman–Crippen MR) is 109 cm³/mol. The van der Waals surface area contributed by atoms with Crippen molar-refractivity contribution in [3.8, 4) is 5.75 Å². The number of benzene rings is 2. The van der Waals surface area contributed by atoms with E-state index in [1.165, 1.54) is 27.9 Å². The van der Waals surface area contributed by atoms with E-state index in [1.807, 2.05) is 0 Å². The highest BCUT2D eigenvalue weighted by atomic mass is 16.5. The van der Waals surface area contributed by atoms with Crippen molar-refractivity contribution in [2.75, 3.05) is 18.5 Å². The van der Waals surface area contributed by atoms with Crippen LogP contribution in [0, 0.1) is 33.1 Å². The standard InChI is InChI=1S/C23H33NO/c1-17-11-12-19(3)22(15-17)25-14-8-13-23(5,6)16-24-21-10-7-9-18(2)20(21)4/h7,9-12,15,24H,8,13-14,16H2,1-6H3. The summed E-state index contributed by atoms with van der Waals surface area (Å²) in [6, 6.07) is 12.8. The summed E-state index contributed by atoms with van der Waals surface area (Å²) >= 11 is 0. The van der Waals surface area contributed by atoms with Gasteiger partial charge in [-0.1, -0.05) is 38.1 Å². The Morgan fingerprint density at radius 3 is 2.48 bits per heavy atom. The Morgan fingerprint density at radius 1 is 0.960 bits per heavy atom. The largest absolute Gasteiger partial charge is 0.493 e. The number of anilines is 1. The van der Waals surface area contributed by atoms with Gasteiger partial charge in [-0.05, 0) is 80.3 Å². The van der Waals surface area contributed by atoms with Gasteiger partial charge in [0.25, 0.3) is 0 Å². The van der Waals surface area contributed by atoms with E-state index in [1.54, 1.807) is 0 Å². The molecule has 0 radical (unpaired) electrons. The predicted octanol–water partition coefficient (Wildman–Crippen LogP) is 6.22. The number of aryl methyl sites for hydroxylation is 3. The number of rotatable bonds is 8. The molecule has 0 saturated carbocycles. The molecule has 2 aromatic carbocycles. The zero-order chi connectivity index (χ0) is 18.4. The van der Waals surface area contributed by atoms with Gasteiger partial charge in [0, 0.05) is 12.2 Å². The Morgan fingerprint density at radius 2 is 1.72 bits per heavy atom. The van der Waals surface area contributed by atoms with Crippen LogP contribution in [0.5, 0.6) is 5.75 Å². The molecule has 0 aliphatic carbocycles. The average Bonchev–Trinajstić information content (AvgIpc) is 2.56. The van der Waals surface area contributed by atoms with Crippen LogP contribution in [0.4, 0.5) is 5.69 Å². The van der Waals surface area contributed by atoms with Crippen molar-refractivity contribution < 1.29 is 4.74 Å². The van der Waals surface area contributed by atoms with Crippen LogP contribution in [0.1, 0.15) is 48.9 Å². The van der Waals surface area contributed by atoms with Crippen molar-refractivity contribution in [2.24, 2.45) is 5.41 Å². The number of hydrogen-bond acceptors (Lipinski definition) is 2. The van der Waals surface area contributed by atoms with Crippen molar-refractivity contribution in [3.63, 3.8) is 0 Å². The van der Waals surface area contributed by atoms with Gasteiger partial charge in [-0.25, -0.2) is 0 Å². The first kappa shape index (κ1) is 19.4. The lowest BCUT2D eigenvalue weighted by molar-refractivity contribution is 0.263. The van der Waals surface area contributed by atoms with Gasteiger partial charge < -0.3 is 10.1 Å². The summed E-state index contributed by atoms with van der Waals surface area (Å²) < 4.78 is 5.99. The average molecular weight is 340 g/mol. The third kappa shape index (κ3) is 5.81. The van der Waals surface area contributed by atoms with E-state index in [0.717, 1.165) is 31.7 Å². The SMILES string of the molecule is Cc1ccc(C)c(OCCCC(C)(C)CNc2cccc(C)c2C)c1. The fraction of sp³-hybridized carbons (Fsp3) is 0.478. The quantitative estimate of drug-likeness (QED) is 0.577. The van der Waals surface area contributed by atoms with Crippen LogP contribution < -0.4 is 10.1 Å². The second-order valence-corrected chi connectivity index (χ2v) is 7.99. The minimum absolute atomic E-state index is 0.237. The molecule has 0 atom stereocenters. The van der Waals surface area contributed by atoms with Crippen molar-refractivity contribution in [2.45, 2.75) is 54.4 Å². The van der Waals surface area contributed by atoms with Crippen molar-refractivity contribution >= 4 is 5.69 Å². The van der Waals surface area contributed by atoms with Crippen LogP contribution in [0.25, 0.3) is 0 Å². The Hall–Kier alpha value is -1.96. The van der Waals surface area contributed by atoms with Crippen molar-refractivity contribution in [3.05, 3.63) is 58.7 Å². The third-order valence-electron chi connectivity index (χ3n) is 4.96. The van der Waals surface area contributed by atoms with E-state index in [0.29, 0.717) is 0 Å². The summed E-state index contributed by atoms with van der Waals surface area (Å²) in [4.78, 5) is 0. The van der Waals surface area contributed by atoms with Gasteiger partial charge in [-0.15, -0.1) is 0 Å². The molecule has 0 saturated heterocycles. The van der Waals surface area contributed by atoms with Crippen LogP contribution in [-0.2, 0) is 0 Å². The Bertz CT molecular complexity index is 703. The Balaban J connectivity index is 1.79. The summed E-state index contributed by atoms with van der Waals surface area (Å²) in [5.74, 6) is 1.02. The van der Waals surface area contributed by atoms with Crippen molar-refractivity contribution in [1.29, 1.82) is 0 Å². The smallest absolute Gasteiger partial charge is 0.122 e. The van der Waals surface area contributed by atoms with Crippen LogP contribution in [0.3, 0.4) is 0 Å². The van der Waals surface area contributed by atoms with Gasteiger partial charge in [0.05, 0.1) is 6.61 Å². The molecular weight excluding hydrogens is 306 g/mol. The van der Waals surface area contributed by atoms with E-state index < -0.39 is 0 Å². The third-order valence-corrected chi connectivity index (χ3v) is 4.96. The maximum Gasteiger partial charge on any atom is 0.122 e. The maximum absolute atomic E-state index is 5.99. The zero-order valence-corrected chi connectivity index (χ0v) is 16.7. The molecule has 2 aromatic rings. The summed E-state index contributed by atoms with van der Waals surface area (Å²) in [6.07, 6.45) is 2.20. The second-order valence-electron chi connectivity index (χ2n) is 7.99. The molecule has 0 fully saturated rings. The van der Waals surface area contributed by atoms with Crippen LogP contribution in [0.2, 0.25) is 0 Å². The lowest BCUT2D eigenvalue weighted by Crippen LogP contribution is -2.24. The van der Waals surface area contributed by atoms with Crippen LogP contribution in [0.15, 0.2) is 36.4 Å². The number of hydrogen-bond donors (Lipinski definition) is 1. The second kappa shape index (κ2) is 8.42. The number of nitrogens with one attached hydrogen (secondary N) is 1. The van der Waals surface area contributed by atoms with Gasteiger partial charge in [-0.3, -0.25) is 0 Å². The van der Waals surface area contributed by atoms with Gasteiger partial charge in [0.15, 0.2) is 0 Å². The molecule has 0 amide bonds. The first-order chi connectivity index (χ1) is 11.8. The summed E-state index contributed by atoms with van der Waals surface area (Å²) in [5.41, 5.74) is 6.63. The molecule has 25 heavy (non-hydrogen) atoms. The highest BCUT2D eigenvalue weighted by Crippen LogP contribution is 2.26. The fourth-order valence-electron chi connectivity index (χ4n) is 2.96. The molecule has 0 heterocycles. The molecule has 1 N–H and O–H groups in total. The zero-order valence-electron chi connectivity index (χ0n) is 16.7. The van der Waals surface area contributed by atoms with E-state index in [-0.39, 0.29) is 5.41 Å². The minimum Gasteiger partial charge on any atom is -0.493 e. The first-order valence-corrected chi connectivity index (χ1v) is 9.29. The van der Waals surface area contributed by atoms with E-state index in [9.17, 15) is 0 Å². The lowest BCUT2D eigenvalue weighted by Gasteiger charge is -2.26. The molecule has 2 heteroatoms. The van der Waals surface area contributed by atoms with E-state index >= 15 is 0 Å². The fourth-order valence-corrected chi connectivity index (χ4v) is 2.96. The van der Waals surface area contributed by atoms with E-state index in [4.69, 9.17) is 4.74 Å². The molecular formula is C23H33NO. The molecule has 2 rings (SSSR count). The number of ether oxygens (including phenoxy) is 1. The normalized spacial score (nSPS) is 11.4. The highest BCUT2D eigenvalue weighted by Gasteiger charge is 2.18. The lowest BCUT2D eigenvalue weighted by atomic mass is 9.87. The van der Waals surface area contributed by atoms with Crippen molar-refractivity contribution in [1.82, 2.24) is 0 Å². The Labute approximate surface area is 153 Å². The highest BCUT2D eigenvalue weighted by molar-refractivity contribution is 5.53. The molecule has 0 spiro atoms. The first-order valence-electron chi connectivity index (χ1n) is 9.29. The van der Waals surface area contributed by atoms with Gasteiger partial charge in [0.2, 0.25) is 0 Å². The summed E-state index contributed by atoms with van der Waals surface area (Å²) in [5, 5.41) is 3.63. The van der Waals surface area contributed by atoms with Gasteiger partial charge >= 0.3 is 0 Å². The monoisotopic (exact) mass is 339 g/mol. The molecule has 2 nitrogen and oxygen atoms in total. The molecule has 0 bridgehead atoms. The minimum atomic E-state index is 0.237. The molecule has 0 aromatic heterocycles. The topological polar surface area (TPSA) is 21.3 Å². The molecule has 0 unspecified atom stereocenters. The molecule has 0 aliphatic rings. The Kier molecular flexibility index (Phi) is 6.52. The maximum atomic E-state index is 5.99. The summed E-state index contributed by atoms with van der Waals surface area (Å²) in [6.45, 7) is 14.9. The summed E-state index contributed by atoms with van der Waals surface area (Å²) in [7, 11) is 0. The molecule has 0 aliphatic heterocycles. The van der Waals surface area contributed by atoms with Crippen LogP contribution >= 0.6 is 0 Å². The van der Waals surface area contributed by atoms with Crippen LogP contribution in [-0.4, -0.2) is 13.2 Å². The van der Waals surface area contributed by atoms with E-state index in [2.05, 4.69) is 83.3 Å².